The molecule has 174 valence electrons. The van der Waals surface area contributed by atoms with E-state index in [1.165, 1.54) is 107 Å². The molecule has 0 saturated heterocycles. The van der Waals surface area contributed by atoms with Crippen molar-refractivity contribution in [3.05, 3.63) is 35.4 Å². The summed E-state index contributed by atoms with van der Waals surface area (Å²) in [5, 5.41) is 0. The van der Waals surface area contributed by atoms with Crippen LogP contribution in [0.2, 0.25) is 0 Å². The van der Waals surface area contributed by atoms with Crippen molar-refractivity contribution in [3.63, 3.8) is 0 Å². The van der Waals surface area contributed by atoms with Gasteiger partial charge < -0.3 is 28.5 Å². The van der Waals surface area contributed by atoms with Crippen LogP contribution in [0, 0.1) is 0 Å². The highest BCUT2D eigenvalue weighted by Crippen LogP contribution is 2.36. The van der Waals surface area contributed by atoms with Crippen LogP contribution in [0.1, 0.15) is 121 Å². The second-order valence-corrected chi connectivity index (χ2v) is 10.3. The number of hydrogen-bond acceptors (Lipinski definition) is 0. The zero-order valence-corrected chi connectivity index (χ0v) is 22.8. The van der Waals surface area contributed by atoms with Crippen molar-refractivity contribution in [2.45, 2.75) is 122 Å². The molecule has 1 aromatic carbocycles. The van der Waals surface area contributed by atoms with Gasteiger partial charge in [-0.05, 0) is 49.1 Å². The molecule has 30 heavy (non-hydrogen) atoms. The average Bonchev–Trinajstić information content (AvgIpc) is 2.73. The molecular formula is C28H50IN. The number of aryl methyl sites for hydroxylation is 1. The van der Waals surface area contributed by atoms with Gasteiger partial charge in [-0.1, -0.05) is 89.5 Å². The molecule has 0 radical (unpaired) electrons. The summed E-state index contributed by atoms with van der Waals surface area (Å²) in [5.74, 6) is 0.801. The molecule has 1 aliphatic carbocycles. The van der Waals surface area contributed by atoms with E-state index in [-0.39, 0.29) is 24.0 Å². The molecule has 2 heteroatoms. The minimum absolute atomic E-state index is 0. The predicted octanol–water partition coefficient (Wildman–Crippen LogP) is 5.28. The van der Waals surface area contributed by atoms with E-state index >= 15 is 0 Å². The lowest BCUT2D eigenvalue weighted by Gasteiger charge is -2.41. The number of benzene rings is 1. The molecular weight excluding hydrogens is 477 g/mol. The molecule has 2 rings (SSSR count). The van der Waals surface area contributed by atoms with Crippen molar-refractivity contribution in [1.82, 2.24) is 0 Å². The van der Waals surface area contributed by atoms with Crippen LogP contribution in [0.5, 0.6) is 0 Å². The second-order valence-electron chi connectivity index (χ2n) is 10.3. The normalized spacial score (nSPS) is 19.5. The van der Waals surface area contributed by atoms with Gasteiger partial charge in [0.2, 0.25) is 0 Å². The molecule has 1 aliphatic rings. The fourth-order valence-electron chi connectivity index (χ4n) is 5.46. The Morgan fingerprint density at radius 2 is 1.23 bits per heavy atom. The number of unbranched alkanes of at least 4 members (excludes halogenated alkanes) is 8. The van der Waals surface area contributed by atoms with Crippen molar-refractivity contribution >= 4 is 0 Å². The Hall–Kier alpha value is -0.0900. The first kappa shape index (κ1) is 27.9. The Balaban J connectivity index is 0.00000450. The second kappa shape index (κ2) is 15.7. The minimum atomic E-state index is 0. The molecule has 0 heterocycles. The zero-order chi connectivity index (χ0) is 21.0. The van der Waals surface area contributed by atoms with E-state index in [0.29, 0.717) is 0 Å². The summed E-state index contributed by atoms with van der Waals surface area (Å²) in [5.41, 5.74) is 3.14. The van der Waals surface area contributed by atoms with Crippen LogP contribution in [-0.4, -0.2) is 31.2 Å². The van der Waals surface area contributed by atoms with Crippen LogP contribution in [0.15, 0.2) is 24.3 Å². The summed E-state index contributed by atoms with van der Waals surface area (Å²) in [6.07, 6.45) is 20.9. The lowest BCUT2D eigenvalue weighted by molar-refractivity contribution is -0.916. The van der Waals surface area contributed by atoms with Gasteiger partial charge in [0.05, 0.1) is 26.7 Å². The fraction of sp³-hybridized carbons (Fsp3) is 0.786. The van der Waals surface area contributed by atoms with Crippen molar-refractivity contribution < 1.29 is 28.5 Å². The minimum Gasteiger partial charge on any atom is -1.00 e. The third-order valence-electron chi connectivity index (χ3n) is 7.51. The number of rotatable bonds is 14. The van der Waals surface area contributed by atoms with Gasteiger partial charge >= 0.3 is 0 Å². The summed E-state index contributed by atoms with van der Waals surface area (Å²) in [6.45, 7) is 5.94. The first-order valence-electron chi connectivity index (χ1n) is 13.0. The van der Waals surface area contributed by atoms with Gasteiger partial charge in [0, 0.05) is 12.8 Å². The standard InChI is InChI=1S/C28H50N.HI/c1-5-7-8-9-10-11-12-13-14-15-25-16-18-26(19-17-25)27-20-22-28(23-21-27)29(3,4)24-6-2;/h16-19,27-28H,5-15,20-24H2,1-4H3;1H/q+1;/p-1. The average molecular weight is 528 g/mol. The van der Waals surface area contributed by atoms with Gasteiger partial charge in [0.15, 0.2) is 0 Å². The highest BCUT2D eigenvalue weighted by Gasteiger charge is 2.32. The van der Waals surface area contributed by atoms with Crippen molar-refractivity contribution in [2.24, 2.45) is 0 Å². The Kier molecular flexibility index (Phi) is 14.6. The van der Waals surface area contributed by atoms with E-state index in [9.17, 15) is 0 Å². The Labute approximate surface area is 206 Å². The van der Waals surface area contributed by atoms with Gasteiger partial charge in [-0.3, -0.25) is 0 Å². The monoisotopic (exact) mass is 527 g/mol. The maximum absolute atomic E-state index is 2.44. The van der Waals surface area contributed by atoms with Gasteiger partial charge in [0.25, 0.3) is 0 Å². The van der Waals surface area contributed by atoms with Gasteiger partial charge in [0.1, 0.15) is 0 Å². The molecule has 0 spiro atoms. The van der Waals surface area contributed by atoms with E-state index in [1.807, 2.05) is 0 Å². The van der Waals surface area contributed by atoms with Gasteiger partial charge in [-0.15, -0.1) is 0 Å². The Bertz CT molecular complexity index is 528. The summed E-state index contributed by atoms with van der Waals surface area (Å²) >= 11 is 0. The quantitative estimate of drug-likeness (QED) is 0.176. The van der Waals surface area contributed by atoms with Crippen LogP contribution in [-0.2, 0) is 6.42 Å². The third-order valence-corrected chi connectivity index (χ3v) is 7.51. The molecule has 0 unspecified atom stereocenters. The largest absolute Gasteiger partial charge is 1.00 e. The summed E-state index contributed by atoms with van der Waals surface area (Å²) in [7, 11) is 4.88. The van der Waals surface area contributed by atoms with Crippen LogP contribution < -0.4 is 24.0 Å². The van der Waals surface area contributed by atoms with Crippen molar-refractivity contribution in [3.8, 4) is 0 Å². The lowest BCUT2D eigenvalue weighted by Crippen LogP contribution is -3.00. The van der Waals surface area contributed by atoms with Gasteiger partial charge in [-0.25, -0.2) is 0 Å². The van der Waals surface area contributed by atoms with Crippen molar-refractivity contribution in [2.75, 3.05) is 20.6 Å². The molecule has 0 N–H and O–H groups in total. The van der Waals surface area contributed by atoms with E-state index in [2.05, 4.69) is 52.2 Å². The number of hydrogen-bond donors (Lipinski definition) is 0. The highest BCUT2D eigenvalue weighted by atomic mass is 127. The van der Waals surface area contributed by atoms with Crippen molar-refractivity contribution in [1.29, 1.82) is 0 Å². The first-order valence-corrected chi connectivity index (χ1v) is 13.0. The summed E-state index contributed by atoms with van der Waals surface area (Å²) < 4.78 is 1.22. The Morgan fingerprint density at radius 3 is 1.77 bits per heavy atom. The maximum atomic E-state index is 2.44. The van der Waals surface area contributed by atoms with E-state index in [0.717, 1.165) is 12.0 Å². The zero-order valence-electron chi connectivity index (χ0n) is 20.6. The van der Waals surface area contributed by atoms with E-state index in [1.54, 1.807) is 11.1 Å². The topological polar surface area (TPSA) is 0 Å². The van der Waals surface area contributed by atoms with E-state index < -0.39 is 0 Å². The lowest BCUT2D eigenvalue weighted by atomic mass is 9.80. The van der Waals surface area contributed by atoms with Crippen LogP contribution in [0.4, 0.5) is 0 Å². The third kappa shape index (κ3) is 10.0. The number of nitrogens with zero attached hydrogens (tertiary/aromatic N) is 1. The molecule has 0 aromatic heterocycles. The fourth-order valence-corrected chi connectivity index (χ4v) is 5.46. The van der Waals surface area contributed by atoms with Gasteiger partial charge in [-0.2, -0.15) is 0 Å². The Morgan fingerprint density at radius 1 is 0.700 bits per heavy atom. The molecule has 0 atom stereocenters. The highest BCUT2D eigenvalue weighted by molar-refractivity contribution is 5.26. The maximum Gasteiger partial charge on any atom is 0.0886 e. The number of quaternary nitrogens is 1. The molecule has 0 amide bonds. The SMILES string of the molecule is CCCCCCCCCCCc1ccc(C2CCC([N+](C)(C)CCC)CC2)cc1.[I-]. The molecule has 1 nitrogen and oxygen atoms in total. The summed E-state index contributed by atoms with van der Waals surface area (Å²) in [6, 6.07) is 10.6. The van der Waals surface area contributed by atoms with Crippen LogP contribution in [0.25, 0.3) is 0 Å². The molecule has 0 bridgehead atoms. The first-order chi connectivity index (χ1) is 14.1. The number of halogens is 1. The smallest absolute Gasteiger partial charge is 0.0886 e. The van der Waals surface area contributed by atoms with E-state index in [4.69, 9.17) is 0 Å². The molecule has 0 aliphatic heterocycles. The molecule has 1 saturated carbocycles. The summed E-state index contributed by atoms with van der Waals surface area (Å²) in [4.78, 5) is 0. The van der Waals surface area contributed by atoms with Crippen LogP contribution >= 0.6 is 0 Å². The van der Waals surface area contributed by atoms with Crippen LogP contribution in [0.3, 0.4) is 0 Å². The molecule has 1 aromatic rings. The predicted molar refractivity (Wildman–Crippen MR) is 130 cm³/mol. The molecule has 1 fully saturated rings.